The number of aryl methyl sites for hydroxylation is 1. The molecule has 2 aromatic rings. The number of hydrogen-bond acceptors (Lipinski definition) is 2. The van der Waals surface area contributed by atoms with Crippen LogP contribution < -0.4 is 10.6 Å². The van der Waals surface area contributed by atoms with Crippen LogP contribution in [0.2, 0.25) is 5.02 Å². The highest BCUT2D eigenvalue weighted by Gasteiger charge is 2.20. The molecule has 0 fully saturated rings. The quantitative estimate of drug-likeness (QED) is 0.898. The molecule has 4 heteroatoms. The normalized spacial score (nSPS) is 12.2. The molecule has 0 aliphatic heterocycles. The topological polar surface area (TPSA) is 29.3 Å². The van der Waals surface area contributed by atoms with E-state index < -0.39 is 5.82 Å². The molecule has 0 saturated carbocycles. The molecule has 0 amide bonds. The van der Waals surface area contributed by atoms with E-state index in [4.69, 9.17) is 17.3 Å². The standard InChI is InChI=1S/C17H20ClFN2/c1-3-12-7-9-13(10-8-12)21(2)16(11-20)14-5-4-6-15(18)17(14)19/h4-10,16H,3,11,20H2,1-2H3. The van der Waals surface area contributed by atoms with Crippen molar-refractivity contribution in [2.75, 3.05) is 18.5 Å². The third-order valence-corrected chi connectivity index (χ3v) is 4.08. The number of nitrogens with zero attached hydrogens (tertiary/aromatic N) is 1. The molecule has 0 aromatic heterocycles. The third kappa shape index (κ3) is 3.36. The van der Waals surface area contributed by atoms with Crippen LogP contribution in [0.1, 0.15) is 24.1 Å². The van der Waals surface area contributed by atoms with E-state index in [1.165, 1.54) is 5.56 Å². The van der Waals surface area contributed by atoms with E-state index >= 15 is 0 Å². The van der Waals surface area contributed by atoms with Gasteiger partial charge in [0.25, 0.3) is 0 Å². The Morgan fingerprint density at radius 1 is 1.19 bits per heavy atom. The minimum atomic E-state index is -0.397. The predicted octanol–water partition coefficient (Wildman–Crippen LogP) is 4.18. The van der Waals surface area contributed by atoms with Gasteiger partial charge in [0.1, 0.15) is 5.82 Å². The van der Waals surface area contributed by atoms with E-state index in [2.05, 4.69) is 19.1 Å². The first-order valence-corrected chi connectivity index (χ1v) is 7.42. The van der Waals surface area contributed by atoms with Gasteiger partial charge in [-0.05, 0) is 30.2 Å². The number of hydrogen-bond donors (Lipinski definition) is 1. The van der Waals surface area contributed by atoms with E-state index in [0.29, 0.717) is 12.1 Å². The van der Waals surface area contributed by atoms with Gasteiger partial charge in [0, 0.05) is 24.8 Å². The fraction of sp³-hybridized carbons (Fsp3) is 0.294. The maximum atomic E-state index is 14.2. The molecule has 0 aliphatic rings. The molecular weight excluding hydrogens is 287 g/mol. The summed E-state index contributed by atoms with van der Waals surface area (Å²) >= 11 is 5.87. The summed E-state index contributed by atoms with van der Waals surface area (Å²) in [6, 6.07) is 13.0. The van der Waals surface area contributed by atoms with Crippen molar-refractivity contribution in [1.82, 2.24) is 0 Å². The number of likely N-dealkylation sites (N-methyl/N-ethyl adjacent to an activating group) is 1. The molecule has 1 unspecified atom stereocenters. The zero-order chi connectivity index (χ0) is 15.4. The molecule has 2 nitrogen and oxygen atoms in total. The van der Waals surface area contributed by atoms with E-state index in [0.717, 1.165) is 12.1 Å². The third-order valence-electron chi connectivity index (χ3n) is 3.78. The predicted molar refractivity (Wildman–Crippen MR) is 87.4 cm³/mol. The van der Waals surface area contributed by atoms with Crippen LogP contribution >= 0.6 is 11.6 Å². The van der Waals surface area contributed by atoms with E-state index in [1.807, 2.05) is 24.1 Å². The molecule has 0 aliphatic carbocycles. The van der Waals surface area contributed by atoms with Crippen molar-refractivity contribution in [1.29, 1.82) is 0 Å². The van der Waals surface area contributed by atoms with Crippen molar-refractivity contribution in [2.45, 2.75) is 19.4 Å². The van der Waals surface area contributed by atoms with E-state index in [9.17, 15) is 4.39 Å². The summed E-state index contributed by atoms with van der Waals surface area (Å²) in [6.45, 7) is 2.42. The van der Waals surface area contributed by atoms with Crippen LogP contribution in [0.15, 0.2) is 42.5 Å². The summed E-state index contributed by atoms with van der Waals surface area (Å²) in [5.74, 6) is -0.397. The highest BCUT2D eigenvalue weighted by Crippen LogP contribution is 2.29. The van der Waals surface area contributed by atoms with E-state index in [-0.39, 0.29) is 11.1 Å². The van der Waals surface area contributed by atoms with Gasteiger partial charge in [-0.15, -0.1) is 0 Å². The molecule has 0 heterocycles. The second kappa shape index (κ2) is 6.92. The minimum Gasteiger partial charge on any atom is -0.366 e. The number of halogens is 2. The molecule has 0 bridgehead atoms. The highest BCUT2D eigenvalue weighted by atomic mass is 35.5. The first-order valence-electron chi connectivity index (χ1n) is 7.04. The number of benzene rings is 2. The zero-order valence-electron chi connectivity index (χ0n) is 12.3. The summed E-state index contributed by atoms with van der Waals surface area (Å²) in [7, 11) is 1.92. The molecule has 21 heavy (non-hydrogen) atoms. The van der Waals surface area contributed by atoms with Crippen molar-refractivity contribution in [3.63, 3.8) is 0 Å². The van der Waals surface area contributed by atoms with Gasteiger partial charge in [-0.25, -0.2) is 4.39 Å². The van der Waals surface area contributed by atoms with Crippen LogP contribution in [0.25, 0.3) is 0 Å². The monoisotopic (exact) mass is 306 g/mol. The summed E-state index contributed by atoms with van der Waals surface area (Å²) < 4.78 is 14.2. The smallest absolute Gasteiger partial charge is 0.147 e. The summed E-state index contributed by atoms with van der Waals surface area (Å²) in [6.07, 6.45) is 0.993. The van der Waals surface area contributed by atoms with Crippen LogP contribution in [0, 0.1) is 5.82 Å². The van der Waals surface area contributed by atoms with Crippen molar-refractivity contribution >= 4 is 17.3 Å². The van der Waals surface area contributed by atoms with Crippen molar-refractivity contribution in [3.8, 4) is 0 Å². The van der Waals surface area contributed by atoms with Crippen LogP contribution in [0.4, 0.5) is 10.1 Å². The Morgan fingerprint density at radius 3 is 2.43 bits per heavy atom. The lowest BCUT2D eigenvalue weighted by atomic mass is 10.0. The Labute approximate surface area is 130 Å². The molecular formula is C17H20ClFN2. The molecule has 2 rings (SSSR count). The SMILES string of the molecule is CCc1ccc(N(C)C(CN)c2cccc(Cl)c2F)cc1. The van der Waals surface area contributed by atoms with Gasteiger partial charge in [0.05, 0.1) is 11.1 Å². The average Bonchev–Trinajstić information content (AvgIpc) is 2.52. The van der Waals surface area contributed by atoms with Crippen molar-refractivity contribution in [3.05, 3.63) is 64.4 Å². The average molecular weight is 307 g/mol. The maximum absolute atomic E-state index is 14.2. The van der Waals surface area contributed by atoms with Gasteiger partial charge in [-0.2, -0.15) is 0 Å². The van der Waals surface area contributed by atoms with Crippen LogP contribution in [0.3, 0.4) is 0 Å². The van der Waals surface area contributed by atoms with Crippen LogP contribution in [-0.4, -0.2) is 13.6 Å². The van der Waals surface area contributed by atoms with Gasteiger partial charge in [-0.1, -0.05) is 42.8 Å². The number of nitrogens with two attached hydrogens (primary N) is 1. The molecule has 2 N–H and O–H groups in total. The first-order chi connectivity index (χ1) is 10.1. The van der Waals surface area contributed by atoms with Gasteiger partial charge in [0.2, 0.25) is 0 Å². The van der Waals surface area contributed by atoms with Gasteiger partial charge in [-0.3, -0.25) is 0 Å². The largest absolute Gasteiger partial charge is 0.366 e. The second-order valence-corrected chi connectivity index (χ2v) is 5.43. The Balaban J connectivity index is 2.33. The molecule has 0 radical (unpaired) electrons. The number of rotatable bonds is 5. The van der Waals surface area contributed by atoms with Crippen molar-refractivity contribution in [2.24, 2.45) is 5.73 Å². The lowest BCUT2D eigenvalue weighted by Gasteiger charge is -2.30. The van der Waals surface area contributed by atoms with E-state index in [1.54, 1.807) is 18.2 Å². The Morgan fingerprint density at radius 2 is 1.86 bits per heavy atom. The van der Waals surface area contributed by atoms with Crippen LogP contribution in [0.5, 0.6) is 0 Å². The molecule has 1 atom stereocenters. The Kier molecular flexibility index (Phi) is 5.21. The van der Waals surface area contributed by atoms with Gasteiger partial charge >= 0.3 is 0 Å². The van der Waals surface area contributed by atoms with Gasteiger partial charge in [0.15, 0.2) is 0 Å². The number of anilines is 1. The summed E-state index contributed by atoms with van der Waals surface area (Å²) in [5, 5.41) is 0.126. The Hall–Kier alpha value is -1.58. The maximum Gasteiger partial charge on any atom is 0.147 e. The molecule has 2 aromatic carbocycles. The summed E-state index contributed by atoms with van der Waals surface area (Å²) in [4.78, 5) is 1.98. The highest BCUT2D eigenvalue weighted by molar-refractivity contribution is 6.30. The fourth-order valence-corrected chi connectivity index (χ4v) is 2.60. The second-order valence-electron chi connectivity index (χ2n) is 5.03. The fourth-order valence-electron chi connectivity index (χ4n) is 2.42. The Bertz CT molecular complexity index is 598. The lowest BCUT2D eigenvalue weighted by Crippen LogP contribution is -2.31. The zero-order valence-corrected chi connectivity index (χ0v) is 13.1. The van der Waals surface area contributed by atoms with Gasteiger partial charge < -0.3 is 10.6 Å². The van der Waals surface area contributed by atoms with Crippen molar-refractivity contribution < 1.29 is 4.39 Å². The molecule has 0 spiro atoms. The summed E-state index contributed by atoms with van der Waals surface area (Å²) in [5.41, 5.74) is 8.66. The first kappa shape index (κ1) is 15.8. The minimum absolute atomic E-state index is 0.126. The lowest BCUT2D eigenvalue weighted by molar-refractivity contribution is 0.573. The molecule has 112 valence electrons. The van der Waals surface area contributed by atoms with Crippen LogP contribution in [-0.2, 0) is 6.42 Å². The molecule has 0 saturated heterocycles.